The van der Waals surface area contributed by atoms with Gasteiger partial charge in [0, 0.05) is 0 Å². The van der Waals surface area contributed by atoms with E-state index in [2.05, 4.69) is 36.4 Å². The fraction of sp³-hybridized carbons (Fsp3) is 0.259. The van der Waals surface area contributed by atoms with E-state index in [0.29, 0.717) is 0 Å². The zero-order valence-corrected chi connectivity index (χ0v) is 19.0. The Bertz CT molecular complexity index is 961. The van der Waals surface area contributed by atoms with E-state index < -0.39 is 18.8 Å². The van der Waals surface area contributed by atoms with Gasteiger partial charge in [-0.25, -0.2) is 0 Å². The third kappa shape index (κ3) is 3.63. The zero-order chi connectivity index (χ0) is 22.5. The predicted octanol–water partition coefficient (Wildman–Crippen LogP) is 4.78. The summed E-state index contributed by atoms with van der Waals surface area (Å²) in [5.74, 6) is -1.45. The maximum absolute atomic E-state index is 13.4. The molecule has 0 unspecified atom stereocenters. The molecule has 1 N–H and O–H groups in total. The second-order valence-electron chi connectivity index (χ2n) is 8.40. The van der Waals surface area contributed by atoms with Crippen LogP contribution in [-0.2, 0) is 14.1 Å². The van der Waals surface area contributed by atoms with Crippen LogP contribution in [0.5, 0.6) is 0 Å². The third-order valence-electron chi connectivity index (χ3n) is 6.66. The average Bonchev–Trinajstić information content (AvgIpc) is 3.39. The molecule has 0 heterocycles. The van der Waals surface area contributed by atoms with Crippen molar-refractivity contribution < 1.29 is 19.2 Å². The van der Waals surface area contributed by atoms with E-state index in [4.69, 9.17) is 4.52 Å². The van der Waals surface area contributed by atoms with Gasteiger partial charge in [0.05, 0.1) is 0 Å². The monoisotopic (exact) mass is 448 g/mol. The number of benzene rings is 3. The topological polar surface area (TPSA) is 63.6 Å². The van der Waals surface area contributed by atoms with Crippen LogP contribution in [0, 0.1) is 0 Å². The molecule has 0 spiro atoms. The standard InChI is InChI=1S/C27H29O4P/c28-26(29)20-21-27(30)31-32(25-18-10-11-19-25,22-12-4-1-5-13-22,23-14-6-2-7-15-23)24-16-8-3-9-17-24/h1-9,12-17,25H,10-11,18-21H2,(H,28,29). The molecule has 4 nitrogen and oxygen atoms in total. The summed E-state index contributed by atoms with van der Waals surface area (Å²) in [6, 6.07) is 30.5. The van der Waals surface area contributed by atoms with Crippen LogP contribution in [0.2, 0.25) is 0 Å². The molecule has 0 amide bonds. The van der Waals surface area contributed by atoms with E-state index in [9.17, 15) is 14.7 Å². The molecule has 0 aromatic heterocycles. The van der Waals surface area contributed by atoms with Crippen molar-refractivity contribution in [3.05, 3.63) is 91.0 Å². The fourth-order valence-corrected chi connectivity index (χ4v) is 12.1. The van der Waals surface area contributed by atoms with Crippen LogP contribution in [0.3, 0.4) is 0 Å². The summed E-state index contributed by atoms with van der Waals surface area (Å²) in [6.45, 7) is -3.75. The SMILES string of the molecule is O=C(O)CCC(=O)OP(c1ccccc1)(c1ccccc1)(c1ccccc1)C1CCCC1. The van der Waals surface area contributed by atoms with E-state index in [1.807, 2.05) is 54.6 Å². The minimum absolute atomic E-state index is 0.141. The molecular weight excluding hydrogens is 419 g/mol. The van der Waals surface area contributed by atoms with Gasteiger partial charge >= 0.3 is 189 Å². The second kappa shape index (κ2) is 9.26. The van der Waals surface area contributed by atoms with Gasteiger partial charge in [-0.1, -0.05) is 0 Å². The number of carboxylic acids is 1. The molecule has 3 aromatic carbocycles. The van der Waals surface area contributed by atoms with Gasteiger partial charge in [0.1, 0.15) is 0 Å². The van der Waals surface area contributed by atoms with Crippen molar-refractivity contribution in [2.75, 3.05) is 0 Å². The Hall–Kier alpha value is -2.97. The van der Waals surface area contributed by atoms with Crippen LogP contribution in [0.1, 0.15) is 38.5 Å². The minimum atomic E-state index is -3.75. The Morgan fingerprint density at radius 2 is 1.12 bits per heavy atom. The van der Waals surface area contributed by atoms with E-state index in [-0.39, 0.29) is 18.5 Å². The van der Waals surface area contributed by atoms with Gasteiger partial charge < -0.3 is 0 Å². The van der Waals surface area contributed by atoms with Crippen LogP contribution in [0.25, 0.3) is 0 Å². The first-order valence-electron chi connectivity index (χ1n) is 11.2. The van der Waals surface area contributed by atoms with Gasteiger partial charge in [-0.2, -0.15) is 0 Å². The van der Waals surface area contributed by atoms with Crippen LogP contribution in [0.15, 0.2) is 91.0 Å². The summed E-state index contributed by atoms with van der Waals surface area (Å²) in [5.41, 5.74) is 0.141. The van der Waals surface area contributed by atoms with Crippen molar-refractivity contribution in [3.8, 4) is 0 Å². The van der Waals surface area contributed by atoms with Crippen LogP contribution in [0.4, 0.5) is 0 Å². The molecule has 0 atom stereocenters. The number of hydrogen-bond donors (Lipinski definition) is 1. The molecule has 1 aliphatic carbocycles. The van der Waals surface area contributed by atoms with Crippen molar-refractivity contribution in [1.82, 2.24) is 0 Å². The molecular formula is C27H29O4P. The summed E-state index contributed by atoms with van der Waals surface area (Å²) < 4.78 is 6.85. The van der Waals surface area contributed by atoms with Crippen LogP contribution < -0.4 is 15.9 Å². The molecule has 3 aromatic rings. The van der Waals surface area contributed by atoms with Crippen molar-refractivity contribution >= 4 is 34.7 Å². The molecule has 0 aliphatic heterocycles. The third-order valence-corrected chi connectivity index (χ3v) is 13.1. The van der Waals surface area contributed by atoms with E-state index in [1.54, 1.807) is 0 Å². The molecule has 1 saturated carbocycles. The first-order chi connectivity index (χ1) is 15.6. The Morgan fingerprint density at radius 3 is 1.50 bits per heavy atom. The number of hydrogen-bond acceptors (Lipinski definition) is 3. The average molecular weight is 448 g/mol. The molecule has 5 heteroatoms. The maximum atomic E-state index is 13.4. The molecule has 0 bridgehead atoms. The van der Waals surface area contributed by atoms with Crippen LogP contribution in [-0.4, -0.2) is 22.7 Å². The van der Waals surface area contributed by atoms with Gasteiger partial charge in [-0.3, -0.25) is 0 Å². The van der Waals surface area contributed by atoms with Crippen molar-refractivity contribution in [2.45, 2.75) is 44.2 Å². The zero-order valence-electron chi connectivity index (χ0n) is 18.1. The Kier molecular flexibility index (Phi) is 6.43. The summed E-state index contributed by atoms with van der Waals surface area (Å²) in [6.07, 6.45) is 3.70. The van der Waals surface area contributed by atoms with Gasteiger partial charge in [0.2, 0.25) is 0 Å². The molecule has 0 radical (unpaired) electrons. The van der Waals surface area contributed by atoms with E-state index in [0.717, 1.165) is 41.6 Å². The molecule has 1 fully saturated rings. The van der Waals surface area contributed by atoms with Crippen molar-refractivity contribution in [1.29, 1.82) is 0 Å². The van der Waals surface area contributed by atoms with Crippen molar-refractivity contribution in [3.63, 3.8) is 0 Å². The molecule has 0 saturated heterocycles. The van der Waals surface area contributed by atoms with Crippen molar-refractivity contribution in [2.24, 2.45) is 0 Å². The first kappa shape index (κ1) is 22.2. The summed E-state index contributed by atoms with van der Waals surface area (Å²) >= 11 is 0. The Morgan fingerprint density at radius 1 is 0.719 bits per heavy atom. The quantitative estimate of drug-likeness (QED) is 0.504. The molecule has 166 valence electrons. The van der Waals surface area contributed by atoms with E-state index >= 15 is 0 Å². The number of aliphatic carboxylic acids is 1. The van der Waals surface area contributed by atoms with E-state index in [1.165, 1.54) is 0 Å². The molecule has 1 aliphatic rings. The number of carboxylic acid groups (broad SMARTS) is 1. The predicted molar refractivity (Wildman–Crippen MR) is 130 cm³/mol. The summed E-state index contributed by atoms with van der Waals surface area (Å²) in [7, 11) is 0. The first-order valence-corrected chi connectivity index (χ1v) is 13.4. The number of carbonyl (C=O) groups is 2. The summed E-state index contributed by atoms with van der Waals surface area (Å²) in [4.78, 5) is 24.6. The van der Waals surface area contributed by atoms with Gasteiger partial charge in [-0.05, 0) is 0 Å². The Balaban J connectivity index is 2.08. The second-order valence-corrected chi connectivity index (χ2v) is 13.1. The Labute approximate surface area is 189 Å². The summed E-state index contributed by atoms with van der Waals surface area (Å²) in [5, 5.41) is 12.3. The van der Waals surface area contributed by atoms with Gasteiger partial charge in [0.15, 0.2) is 0 Å². The molecule has 32 heavy (non-hydrogen) atoms. The van der Waals surface area contributed by atoms with Crippen LogP contribution >= 0.6 is 6.83 Å². The molecule has 4 rings (SSSR count). The number of rotatable bonds is 8. The van der Waals surface area contributed by atoms with Gasteiger partial charge in [-0.15, -0.1) is 0 Å². The fourth-order valence-electron chi connectivity index (χ4n) is 5.35. The normalized spacial score (nSPS) is 15.6. The van der Waals surface area contributed by atoms with Gasteiger partial charge in [0.25, 0.3) is 0 Å². The number of carbonyl (C=O) groups excluding carboxylic acids is 1.